The SMILES string of the molecule is CC1(Cc2ccccc2)NC(=NC2CC2)NC1=O. The number of amides is 1. The van der Waals surface area contributed by atoms with E-state index < -0.39 is 5.54 Å². The van der Waals surface area contributed by atoms with E-state index in [2.05, 4.69) is 15.6 Å². The van der Waals surface area contributed by atoms with Gasteiger partial charge in [-0.1, -0.05) is 30.3 Å². The smallest absolute Gasteiger partial charge is 0.252 e. The molecule has 1 aliphatic carbocycles. The van der Waals surface area contributed by atoms with Gasteiger partial charge in [0, 0.05) is 6.42 Å². The van der Waals surface area contributed by atoms with Gasteiger partial charge in [0.15, 0.2) is 5.96 Å². The van der Waals surface area contributed by atoms with Crippen molar-refractivity contribution in [1.82, 2.24) is 10.6 Å². The summed E-state index contributed by atoms with van der Waals surface area (Å²) in [5, 5.41) is 6.06. The van der Waals surface area contributed by atoms with Gasteiger partial charge in [0.1, 0.15) is 5.54 Å². The molecule has 4 heteroatoms. The Balaban J connectivity index is 1.76. The fourth-order valence-electron chi connectivity index (χ4n) is 2.17. The molecule has 0 spiro atoms. The van der Waals surface area contributed by atoms with Crippen LogP contribution in [0.1, 0.15) is 25.3 Å². The molecule has 1 heterocycles. The van der Waals surface area contributed by atoms with Crippen LogP contribution in [0.4, 0.5) is 0 Å². The number of nitrogens with one attached hydrogen (secondary N) is 2. The second kappa shape index (κ2) is 4.12. The largest absolute Gasteiger partial charge is 0.342 e. The summed E-state index contributed by atoms with van der Waals surface area (Å²) < 4.78 is 0. The van der Waals surface area contributed by atoms with E-state index in [0.717, 1.165) is 18.4 Å². The predicted octanol–water partition coefficient (Wildman–Crippen LogP) is 1.23. The van der Waals surface area contributed by atoms with E-state index in [1.165, 1.54) is 0 Å². The first-order valence-electron chi connectivity index (χ1n) is 6.37. The van der Waals surface area contributed by atoms with Gasteiger partial charge >= 0.3 is 0 Å². The van der Waals surface area contributed by atoms with E-state index in [4.69, 9.17) is 0 Å². The first-order chi connectivity index (χ1) is 8.66. The third-order valence-corrected chi connectivity index (χ3v) is 3.39. The predicted molar refractivity (Wildman–Crippen MR) is 70.3 cm³/mol. The zero-order valence-corrected chi connectivity index (χ0v) is 10.4. The Bertz CT molecular complexity index is 493. The van der Waals surface area contributed by atoms with Crippen LogP contribution in [-0.2, 0) is 11.2 Å². The molecule has 2 N–H and O–H groups in total. The van der Waals surface area contributed by atoms with Crippen molar-refractivity contribution < 1.29 is 4.79 Å². The molecular formula is C14H17N3O. The Kier molecular flexibility index (Phi) is 2.58. The normalized spacial score (nSPS) is 29.2. The molecule has 0 radical (unpaired) electrons. The molecule has 18 heavy (non-hydrogen) atoms. The summed E-state index contributed by atoms with van der Waals surface area (Å²) in [6.07, 6.45) is 2.94. The Morgan fingerprint density at radius 2 is 2.06 bits per heavy atom. The quantitative estimate of drug-likeness (QED) is 0.839. The van der Waals surface area contributed by atoms with Gasteiger partial charge in [0.2, 0.25) is 0 Å². The summed E-state index contributed by atoms with van der Waals surface area (Å²) in [7, 11) is 0. The lowest BCUT2D eigenvalue weighted by molar-refractivity contribution is -0.123. The third-order valence-electron chi connectivity index (χ3n) is 3.39. The molecule has 1 saturated heterocycles. The molecule has 1 aromatic rings. The van der Waals surface area contributed by atoms with Crippen molar-refractivity contribution >= 4 is 11.9 Å². The van der Waals surface area contributed by atoms with E-state index >= 15 is 0 Å². The van der Waals surface area contributed by atoms with Gasteiger partial charge in [0.05, 0.1) is 6.04 Å². The van der Waals surface area contributed by atoms with Crippen molar-refractivity contribution in [2.75, 3.05) is 0 Å². The van der Waals surface area contributed by atoms with E-state index in [-0.39, 0.29) is 5.91 Å². The van der Waals surface area contributed by atoms with Gasteiger partial charge in [-0.3, -0.25) is 10.1 Å². The number of guanidine groups is 1. The monoisotopic (exact) mass is 243 g/mol. The molecular weight excluding hydrogens is 226 g/mol. The highest BCUT2D eigenvalue weighted by Gasteiger charge is 2.41. The van der Waals surface area contributed by atoms with E-state index in [1.807, 2.05) is 37.3 Å². The maximum atomic E-state index is 12.1. The van der Waals surface area contributed by atoms with Crippen molar-refractivity contribution in [2.45, 2.75) is 37.8 Å². The van der Waals surface area contributed by atoms with E-state index in [9.17, 15) is 4.79 Å². The zero-order chi connectivity index (χ0) is 12.6. The van der Waals surface area contributed by atoms with E-state index in [0.29, 0.717) is 18.4 Å². The average molecular weight is 243 g/mol. The summed E-state index contributed by atoms with van der Waals surface area (Å²) in [4.78, 5) is 16.5. The summed E-state index contributed by atoms with van der Waals surface area (Å²) in [6.45, 7) is 1.92. The molecule has 94 valence electrons. The Morgan fingerprint density at radius 3 is 2.72 bits per heavy atom. The topological polar surface area (TPSA) is 53.5 Å². The molecule has 1 amide bonds. The minimum Gasteiger partial charge on any atom is -0.342 e. The summed E-state index contributed by atoms with van der Waals surface area (Å²) in [6, 6.07) is 10.4. The van der Waals surface area contributed by atoms with Crippen molar-refractivity contribution in [3.63, 3.8) is 0 Å². The van der Waals surface area contributed by atoms with Crippen LogP contribution in [0.25, 0.3) is 0 Å². The van der Waals surface area contributed by atoms with Crippen molar-refractivity contribution in [1.29, 1.82) is 0 Å². The van der Waals surface area contributed by atoms with Crippen LogP contribution in [0.3, 0.4) is 0 Å². The Hall–Kier alpha value is -1.84. The van der Waals surface area contributed by atoms with Gasteiger partial charge in [-0.15, -0.1) is 0 Å². The second-order valence-electron chi connectivity index (χ2n) is 5.28. The summed E-state index contributed by atoms with van der Waals surface area (Å²) >= 11 is 0. The molecule has 2 fully saturated rings. The number of aliphatic imine (C=N–C) groups is 1. The minimum atomic E-state index is -0.588. The highest BCUT2D eigenvalue weighted by molar-refractivity contribution is 6.09. The second-order valence-corrected chi connectivity index (χ2v) is 5.28. The van der Waals surface area contributed by atoms with Gasteiger partial charge in [-0.05, 0) is 25.3 Å². The van der Waals surface area contributed by atoms with Crippen LogP contribution >= 0.6 is 0 Å². The van der Waals surface area contributed by atoms with Crippen LogP contribution in [0.5, 0.6) is 0 Å². The number of nitrogens with zero attached hydrogens (tertiary/aromatic N) is 1. The number of benzene rings is 1. The molecule has 1 saturated carbocycles. The lowest BCUT2D eigenvalue weighted by Gasteiger charge is -2.21. The van der Waals surface area contributed by atoms with Crippen LogP contribution in [0, 0.1) is 0 Å². The fourth-order valence-corrected chi connectivity index (χ4v) is 2.17. The zero-order valence-electron chi connectivity index (χ0n) is 10.4. The van der Waals surface area contributed by atoms with Crippen LogP contribution in [0.15, 0.2) is 35.3 Å². The van der Waals surface area contributed by atoms with Crippen LogP contribution in [0.2, 0.25) is 0 Å². The third kappa shape index (κ3) is 2.23. The summed E-state index contributed by atoms with van der Waals surface area (Å²) in [5.41, 5.74) is 0.560. The molecule has 1 aliphatic heterocycles. The molecule has 0 aromatic heterocycles. The van der Waals surface area contributed by atoms with Crippen molar-refractivity contribution in [3.8, 4) is 0 Å². The highest BCUT2D eigenvalue weighted by atomic mass is 16.2. The minimum absolute atomic E-state index is 0.00533. The van der Waals surface area contributed by atoms with Gasteiger partial charge in [0.25, 0.3) is 5.91 Å². The number of carbonyl (C=O) groups is 1. The first kappa shape index (κ1) is 11.3. The standard InChI is InChI=1S/C14H17N3O/c1-14(9-10-5-3-2-4-6-10)12(18)16-13(17-14)15-11-7-8-11/h2-6,11H,7-9H2,1H3,(H2,15,16,17,18). The van der Waals surface area contributed by atoms with E-state index in [1.54, 1.807) is 0 Å². The van der Waals surface area contributed by atoms with Crippen molar-refractivity contribution in [2.24, 2.45) is 4.99 Å². The number of carbonyl (C=O) groups excluding carboxylic acids is 1. The molecule has 1 aromatic carbocycles. The average Bonchev–Trinajstić information content (AvgIpc) is 3.09. The molecule has 2 aliphatic rings. The molecule has 0 bridgehead atoms. The number of hydrogen-bond donors (Lipinski definition) is 2. The highest BCUT2D eigenvalue weighted by Crippen LogP contribution is 2.24. The Labute approximate surface area is 106 Å². The lowest BCUT2D eigenvalue weighted by atomic mass is 9.93. The van der Waals surface area contributed by atoms with Crippen molar-refractivity contribution in [3.05, 3.63) is 35.9 Å². The number of rotatable bonds is 3. The van der Waals surface area contributed by atoms with Crippen LogP contribution < -0.4 is 10.6 Å². The molecule has 1 unspecified atom stereocenters. The number of hydrogen-bond acceptors (Lipinski definition) is 2. The maximum absolute atomic E-state index is 12.1. The fraction of sp³-hybridized carbons (Fsp3) is 0.429. The van der Waals surface area contributed by atoms with Gasteiger partial charge in [-0.25, -0.2) is 4.99 Å². The Morgan fingerprint density at radius 1 is 1.33 bits per heavy atom. The van der Waals surface area contributed by atoms with Gasteiger partial charge in [-0.2, -0.15) is 0 Å². The summed E-state index contributed by atoms with van der Waals surface area (Å²) in [5.74, 6) is 0.645. The lowest BCUT2D eigenvalue weighted by Crippen LogP contribution is -2.45. The molecule has 4 nitrogen and oxygen atoms in total. The first-order valence-corrected chi connectivity index (χ1v) is 6.37. The van der Waals surface area contributed by atoms with Crippen LogP contribution in [-0.4, -0.2) is 23.4 Å². The maximum Gasteiger partial charge on any atom is 0.252 e. The molecule has 3 rings (SSSR count). The van der Waals surface area contributed by atoms with Gasteiger partial charge < -0.3 is 5.32 Å². The molecule has 1 atom stereocenters.